The first-order valence-electron chi connectivity index (χ1n) is 7.93. The second-order valence-corrected chi connectivity index (χ2v) is 5.96. The highest BCUT2D eigenvalue weighted by molar-refractivity contribution is 5.71. The first kappa shape index (κ1) is 14.1. The van der Waals surface area contributed by atoms with Gasteiger partial charge in [0.2, 0.25) is 0 Å². The van der Waals surface area contributed by atoms with Crippen molar-refractivity contribution in [3.8, 4) is 11.3 Å². The SMILES string of the molecule is CCCc1nc(N)c(C)c(-c2ccccc2C2CCC2)n1. The predicted molar refractivity (Wildman–Crippen MR) is 87.2 cm³/mol. The zero-order valence-electron chi connectivity index (χ0n) is 12.9. The van der Waals surface area contributed by atoms with Crippen LogP contribution >= 0.6 is 0 Å². The van der Waals surface area contributed by atoms with Crippen LogP contribution in [0.1, 0.15) is 55.5 Å². The molecule has 110 valence electrons. The van der Waals surface area contributed by atoms with E-state index in [0.29, 0.717) is 11.7 Å². The molecule has 0 unspecified atom stereocenters. The topological polar surface area (TPSA) is 51.8 Å². The number of hydrogen-bond acceptors (Lipinski definition) is 3. The summed E-state index contributed by atoms with van der Waals surface area (Å²) in [4.78, 5) is 9.23. The maximum atomic E-state index is 6.11. The molecule has 3 nitrogen and oxygen atoms in total. The molecule has 0 spiro atoms. The third-order valence-electron chi connectivity index (χ3n) is 4.46. The lowest BCUT2D eigenvalue weighted by Gasteiger charge is -2.28. The Morgan fingerprint density at radius 3 is 2.62 bits per heavy atom. The maximum absolute atomic E-state index is 6.11. The molecule has 0 saturated heterocycles. The third-order valence-corrected chi connectivity index (χ3v) is 4.46. The van der Waals surface area contributed by atoms with Crippen molar-refractivity contribution < 1.29 is 0 Å². The molecule has 1 aliphatic rings. The first-order valence-corrected chi connectivity index (χ1v) is 7.93. The van der Waals surface area contributed by atoms with Crippen molar-refractivity contribution in [2.24, 2.45) is 0 Å². The van der Waals surface area contributed by atoms with E-state index in [2.05, 4.69) is 36.2 Å². The van der Waals surface area contributed by atoms with Crippen molar-refractivity contribution in [3.05, 3.63) is 41.2 Å². The van der Waals surface area contributed by atoms with Crippen LogP contribution in [0, 0.1) is 6.92 Å². The van der Waals surface area contributed by atoms with Crippen molar-refractivity contribution in [2.45, 2.75) is 51.9 Å². The highest BCUT2D eigenvalue weighted by Crippen LogP contribution is 2.41. The number of nitrogen functional groups attached to an aromatic ring is 1. The molecular formula is C18H23N3. The van der Waals surface area contributed by atoms with Gasteiger partial charge in [-0.15, -0.1) is 0 Å². The highest BCUT2D eigenvalue weighted by atomic mass is 15.0. The molecule has 1 fully saturated rings. The summed E-state index contributed by atoms with van der Waals surface area (Å²) < 4.78 is 0. The number of benzene rings is 1. The molecule has 21 heavy (non-hydrogen) atoms. The number of anilines is 1. The Morgan fingerprint density at radius 2 is 1.95 bits per heavy atom. The number of aromatic nitrogens is 2. The summed E-state index contributed by atoms with van der Waals surface area (Å²) in [5.74, 6) is 2.16. The third kappa shape index (κ3) is 2.65. The van der Waals surface area contributed by atoms with Crippen LogP contribution in [0.15, 0.2) is 24.3 Å². The van der Waals surface area contributed by atoms with Crippen LogP contribution in [-0.2, 0) is 6.42 Å². The monoisotopic (exact) mass is 281 g/mol. The number of nitrogens with two attached hydrogens (primary N) is 1. The van der Waals surface area contributed by atoms with Gasteiger partial charge in [-0.25, -0.2) is 9.97 Å². The molecule has 0 amide bonds. The average molecular weight is 281 g/mol. The van der Waals surface area contributed by atoms with Crippen LogP contribution in [-0.4, -0.2) is 9.97 Å². The molecule has 3 heteroatoms. The van der Waals surface area contributed by atoms with Gasteiger partial charge in [0.15, 0.2) is 0 Å². The first-order chi connectivity index (χ1) is 10.2. The summed E-state index contributed by atoms with van der Waals surface area (Å²) in [6.07, 6.45) is 5.83. The number of hydrogen-bond donors (Lipinski definition) is 1. The van der Waals surface area contributed by atoms with E-state index in [1.165, 1.54) is 30.4 Å². The van der Waals surface area contributed by atoms with Crippen LogP contribution in [0.2, 0.25) is 0 Å². The van der Waals surface area contributed by atoms with Gasteiger partial charge >= 0.3 is 0 Å². The molecule has 0 bridgehead atoms. The van der Waals surface area contributed by atoms with Gasteiger partial charge in [-0.2, -0.15) is 0 Å². The molecule has 2 aromatic rings. The fourth-order valence-electron chi connectivity index (χ4n) is 2.97. The zero-order valence-corrected chi connectivity index (χ0v) is 12.9. The average Bonchev–Trinajstić information content (AvgIpc) is 2.42. The molecule has 3 rings (SSSR count). The molecule has 1 aromatic carbocycles. The summed E-state index contributed by atoms with van der Waals surface area (Å²) >= 11 is 0. The summed E-state index contributed by atoms with van der Waals surface area (Å²) in [5, 5.41) is 0. The van der Waals surface area contributed by atoms with Gasteiger partial charge in [0.05, 0.1) is 5.69 Å². The normalized spacial score (nSPS) is 15.0. The Labute approximate surface area is 126 Å². The van der Waals surface area contributed by atoms with Crippen molar-refractivity contribution in [2.75, 3.05) is 5.73 Å². The van der Waals surface area contributed by atoms with E-state index in [9.17, 15) is 0 Å². The summed E-state index contributed by atoms with van der Waals surface area (Å²) in [5.41, 5.74) is 10.8. The fourth-order valence-corrected chi connectivity index (χ4v) is 2.97. The van der Waals surface area contributed by atoms with Crippen molar-refractivity contribution in [1.82, 2.24) is 9.97 Å². The van der Waals surface area contributed by atoms with E-state index in [1.54, 1.807) is 0 Å². The van der Waals surface area contributed by atoms with Gasteiger partial charge in [0, 0.05) is 17.5 Å². The molecular weight excluding hydrogens is 258 g/mol. The van der Waals surface area contributed by atoms with Crippen LogP contribution in [0.4, 0.5) is 5.82 Å². The smallest absolute Gasteiger partial charge is 0.131 e. The van der Waals surface area contributed by atoms with Crippen LogP contribution < -0.4 is 5.73 Å². The van der Waals surface area contributed by atoms with Gasteiger partial charge in [0.1, 0.15) is 11.6 Å². The van der Waals surface area contributed by atoms with Crippen molar-refractivity contribution in [1.29, 1.82) is 0 Å². The fraction of sp³-hybridized carbons (Fsp3) is 0.444. The highest BCUT2D eigenvalue weighted by Gasteiger charge is 2.23. The Balaban J connectivity index is 2.11. The lowest BCUT2D eigenvalue weighted by Crippen LogP contribution is -2.11. The van der Waals surface area contributed by atoms with E-state index in [1.807, 2.05) is 6.92 Å². The van der Waals surface area contributed by atoms with Gasteiger partial charge in [0.25, 0.3) is 0 Å². The quantitative estimate of drug-likeness (QED) is 0.911. The molecule has 1 aromatic heterocycles. The Morgan fingerprint density at radius 1 is 1.19 bits per heavy atom. The van der Waals surface area contributed by atoms with Crippen molar-refractivity contribution in [3.63, 3.8) is 0 Å². The summed E-state index contributed by atoms with van der Waals surface area (Å²) in [6.45, 7) is 4.17. The van der Waals surface area contributed by atoms with Crippen LogP contribution in [0.5, 0.6) is 0 Å². The second kappa shape index (κ2) is 5.84. The minimum atomic E-state index is 0.617. The van der Waals surface area contributed by atoms with E-state index in [4.69, 9.17) is 10.7 Å². The maximum Gasteiger partial charge on any atom is 0.131 e. The summed E-state index contributed by atoms with van der Waals surface area (Å²) in [6, 6.07) is 8.65. The molecule has 0 atom stereocenters. The summed E-state index contributed by atoms with van der Waals surface area (Å²) in [7, 11) is 0. The number of aryl methyl sites for hydroxylation is 1. The van der Waals surface area contributed by atoms with E-state index < -0.39 is 0 Å². The molecule has 1 aliphatic carbocycles. The van der Waals surface area contributed by atoms with Gasteiger partial charge in [-0.3, -0.25) is 0 Å². The number of rotatable bonds is 4. The standard InChI is InChI=1S/C18H23N3/c1-3-7-16-20-17(12(2)18(19)21-16)15-11-5-4-10-14(15)13-8-6-9-13/h4-5,10-11,13H,3,6-9H2,1-2H3,(H2,19,20,21). The van der Waals surface area contributed by atoms with E-state index in [-0.39, 0.29) is 0 Å². The molecule has 1 saturated carbocycles. The lowest BCUT2D eigenvalue weighted by molar-refractivity contribution is 0.420. The molecule has 1 heterocycles. The predicted octanol–water partition coefficient (Wildman–Crippen LogP) is 4.25. The van der Waals surface area contributed by atoms with Gasteiger partial charge in [-0.05, 0) is 37.7 Å². The molecule has 0 radical (unpaired) electrons. The van der Waals surface area contributed by atoms with Crippen LogP contribution in [0.3, 0.4) is 0 Å². The van der Waals surface area contributed by atoms with Gasteiger partial charge in [-0.1, -0.05) is 37.6 Å². The number of nitrogens with zero attached hydrogens (tertiary/aromatic N) is 2. The lowest BCUT2D eigenvalue weighted by atomic mass is 9.77. The Hall–Kier alpha value is -1.90. The minimum Gasteiger partial charge on any atom is -0.383 e. The Bertz CT molecular complexity index is 645. The minimum absolute atomic E-state index is 0.617. The van der Waals surface area contributed by atoms with Crippen LogP contribution in [0.25, 0.3) is 11.3 Å². The second-order valence-electron chi connectivity index (χ2n) is 5.96. The van der Waals surface area contributed by atoms with Gasteiger partial charge < -0.3 is 5.73 Å². The molecule has 2 N–H and O–H groups in total. The largest absolute Gasteiger partial charge is 0.383 e. The molecule has 0 aliphatic heterocycles. The zero-order chi connectivity index (χ0) is 14.8. The van der Waals surface area contributed by atoms with Crippen molar-refractivity contribution >= 4 is 5.82 Å². The Kier molecular flexibility index (Phi) is 3.91. The van der Waals surface area contributed by atoms with E-state index >= 15 is 0 Å². The van der Waals surface area contributed by atoms with E-state index in [0.717, 1.165) is 29.9 Å².